The molecule has 0 aliphatic carbocycles. The number of hydrogen-bond donors (Lipinski definition) is 0. The van der Waals surface area contributed by atoms with Crippen LogP contribution in [-0.2, 0) is 14.3 Å². The molecule has 1 aromatic heterocycles. The molecule has 6 nitrogen and oxygen atoms in total. The van der Waals surface area contributed by atoms with Crippen LogP contribution in [0.5, 0.6) is 0 Å². The minimum Gasteiger partial charge on any atom is -0.357 e. The fraction of sp³-hybridized carbons (Fsp3) is 0.684. The van der Waals surface area contributed by atoms with Crippen LogP contribution in [0.2, 0.25) is 5.02 Å². The maximum Gasteiger partial charge on any atom is 0.226 e. The molecule has 0 saturated carbocycles. The summed E-state index contributed by atoms with van der Waals surface area (Å²) in [5, 5.41) is 0.645. The standard InChI is InChI=1S/C19H26ClN3O3/c20-15-4-5-17(21-13-15)22-9-6-14(7-10-22)18(24)23-8-2-1-3-16(23)19-25-11-12-26-19/h4-5,13-14,16,19H,1-3,6-12H2. The Bertz CT molecular complexity index is 613. The van der Waals surface area contributed by atoms with Crippen molar-refractivity contribution in [2.45, 2.75) is 44.4 Å². The van der Waals surface area contributed by atoms with E-state index in [1.807, 2.05) is 17.0 Å². The topological polar surface area (TPSA) is 54.9 Å². The summed E-state index contributed by atoms with van der Waals surface area (Å²) in [7, 11) is 0. The lowest BCUT2D eigenvalue weighted by Crippen LogP contribution is -2.53. The Morgan fingerprint density at radius 1 is 1.08 bits per heavy atom. The summed E-state index contributed by atoms with van der Waals surface area (Å²) in [5.41, 5.74) is 0. The molecule has 1 unspecified atom stereocenters. The van der Waals surface area contributed by atoms with Gasteiger partial charge >= 0.3 is 0 Å². The van der Waals surface area contributed by atoms with Gasteiger partial charge in [-0.3, -0.25) is 4.79 Å². The Morgan fingerprint density at radius 2 is 1.85 bits per heavy atom. The number of rotatable bonds is 3. The molecule has 4 rings (SSSR count). The number of pyridine rings is 1. The van der Waals surface area contributed by atoms with Gasteiger partial charge in [-0.1, -0.05) is 11.6 Å². The molecule has 0 N–H and O–H groups in total. The zero-order valence-electron chi connectivity index (χ0n) is 15.0. The summed E-state index contributed by atoms with van der Waals surface area (Å²) in [6.07, 6.45) is 6.34. The van der Waals surface area contributed by atoms with Crippen molar-refractivity contribution < 1.29 is 14.3 Å². The van der Waals surface area contributed by atoms with Crippen LogP contribution >= 0.6 is 11.6 Å². The van der Waals surface area contributed by atoms with Gasteiger partial charge in [-0.2, -0.15) is 0 Å². The molecular weight excluding hydrogens is 354 g/mol. The number of piperidine rings is 2. The van der Waals surface area contributed by atoms with Crippen LogP contribution in [0.25, 0.3) is 0 Å². The third kappa shape index (κ3) is 3.82. The fourth-order valence-electron chi connectivity index (χ4n) is 4.26. The number of amides is 1. The van der Waals surface area contributed by atoms with Crippen molar-refractivity contribution >= 4 is 23.3 Å². The highest BCUT2D eigenvalue weighted by atomic mass is 35.5. The molecule has 3 aliphatic heterocycles. The van der Waals surface area contributed by atoms with Crippen LogP contribution in [-0.4, -0.2) is 61.0 Å². The van der Waals surface area contributed by atoms with Gasteiger partial charge in [-0.15, -0.1) is 0 Å². The van der Waals surface area contributed by atoms with Gasteiger partial charge in [0, 0.05) is 31.7 Å². The normalized spacial score (nSPS) is 25.7. The quantitative estimate of drug-likeness (QED) is 0.808. The van der Waals surface area contributed by atoms with Crippen molar-refractivity contribution in [2.75, 3.05) is 37.7 Å². The fourth-order valence-corrected chi connectivity index (χ4v) is 4.37. The largest absolute Gasteiger partial charge is 0.357 e. The molecular formula is C19H26ClN3O3. The van der Waals surface area contributed by atoms with Crippen molar-refractivity contribution in [3.05, 3.63) is 23.4 Å². The second-order valence-corrected chi connectivity index (χ2v) is 7.74. The maximum absolute atomic E-state index is 13.2. The first-order valence-corrected chi connectivity index (χ1v) is 10.0. The average Bonchev–Trinajstić information content (AvgIpc) is 3.23. The predicted molar refractivity (Wildman–Crippen MR) is 99.2 cm³/mol. The molecule has 1 atom stereocenters. The highest BCUT2D eigenvalue weighted by Crippen LogP contribution is 2.29. The van der Waals surface area contributed by atoms with Gasteiger partial charge in [0.25, 0.3) is 0 Å². The van der Waals surface area contributed by atoms with Gasteiger partial charge in [0.2, 0.25) is 5.91 Å². The molecule has 1 amide bonds. The Hall–Kier alpha value is -1.37. The summed E-state index contributed by atoms with van der Waals surface area (Å²) < 4.78 is 11.4. The highest BCUT2D eigenvalue weighted by Gasteiger charge is 2.39. The summed E-state index contributed by atoms with van der Waals surface area (Å²) in [6.45, 7) is 3.79. The number of carbonyl (C=O) groups is 1. The zero-order valence-corrected chi connectivity index (χ0v) is 15.7. The summed E-state index contributed by atoms with van der Waals surface area (Å²) in [6, 6.07) is 3.88. The SMILES string of the molecule is O=C(C1CCN(c2ccc(Cl)cn2)CC1)N1CCCCC1C1OCCO1. The summed E-state index contributed by atoms with van der Waals surface area (Å²) in [4.78, 5) is 21.8. The van der Waals surface area contributed by atoms with E-state index in [2.05, 4.69) is 9.88 Å². The Morgan fingerprint density at radius 3 is 2.54 bits per heavy atom. The Labute approximate surface area is 159 Å². The molecule has 3 saturated heterocycles. The van der Waals surface area contributed by atoms with Crippen LogP contribution in [0.4, 0.5) is 5.82 Å². The van der Waals surface area contributed by atoms with E-state index in [4.69, 9.17) is 21.1 Å². The second-order valence-electron chi connectivity index (χ2n) is 7.30. The van der Waals surface area contributed by atoms with Crippen molar-refractivity contribution in [3.63, 3.8) is 0 Å². The smallest absolute Gasteiger partial charge is 0.226 e. The van der Waals surface area contributed by atoms with E-state index < -0.39 is 0 Å². The van der Waals surface area contributed by atoms with Crippen LogP contribution in [0, 0.1) is 5.92 Å². The minimum absolute atomic E-state index is 0.0784. The van der Waals surface area contributed by atoms with Gasteiger partial charge in [0.15, 0.2) is 6.29 Å². The number of carbonyl (C=O) groups excluding carboxylic acids is 1. The van der Waals surface area contributed by atoms with Gasteiger partial charge in [-0.05, 0) is 44.2 Å². The van der Waals surface area contributed by atoms with Crippen molar-refractivity contribution in [1.29, 1.82) is 0 Å². The van der Waals surface area contributed by atoms with E-state index in [-0.39, 0.29) is 24.2 Å². The average molecular weight is 380 g/mol. The second kappa shape index (κ2) is 8.11. The summed E-state index contributed by atoms with van der Waals surface area (Å²) in [5.74, 6) is 1.29. The van der Waals surface area contributed by atoms with E-state index in [0.29, 0.717) is 18.2 Å². The van der Waals surface area contributed by atoms with Gasteiger partial charge in [-0.25, -0.2) is 4.98 Å². The van der Waals surface area contributed by atoms with E-state index >= 15 is 0 Å². The number of hydrogen-bond acceptors (Lipinski definition) is 5. The molecule has 142 valence electrons. The lowest BCUT2D eigenvalue weighted by Gasteiger charge is -2.41. The number of aromatic nitrogens is 1. The number of halogens is 1. The maximum atomic E-state index is 13.2. The van der Waals surface area contributed by atoms with Crippen LogP contribution in [0.1, 0.15) is 32.1 Å². The van der Waals surface area contributed by atoms with Crippen molar-refractivity contribution in [3.8, 4) is 0 Å². The number of ether oxygens (including phenoxy) is 2. The van der Waals surface area contributed by atoms with Crippen LogP contribution in [0.3, 0.4) is 0 Å². The van der Waals surface area contributed by atoms with Gasteiger partial charge in [0.1, 0.15) is 5.82 Å². The first kappa shape index (κ1) is 18.0. The molecule has 0 aromatic carbocycles. The molecule has 1 aromatic rings. The number of likely N-dealkylation sites (tertiary alicyclic amines) is 1. The lowest BCUT2D eigenvalue weighted by atomic mass is 9.92. The molecule has 4 heterocycles. The minimum atomic E-state index is -0.238. The van der Waals surface area contributed by atoms with Gasteiger partial charge < -0.3 is 19.3 Å². The first-order valence-electron chi connectivity index (χ1n) is 9.62. The summed E-state index contributed by atoms with van der Waals surface area (Å²) >= 11 is 5.92. The van der Waals surface area contributed by atoms with E-state index in [1.165, 1.54) is 0 Å². The third-order valence-corrected chi connectivity index (χ3v) is 5.90. The molecule has 3 aliphatic rings. The molecule has 0 radical (unpaired) electrons. The van der Waals surface area contributed by atoms with Crippen LogP contribution in [0.15, 0.2) is 18.3 Å². The monoisotopic (exact) mass is 379 g/mol. The number of nitrogens with zero attached hydrogens (tertiary/aromatic N) is 3. The molecule has 3 fully saturated rings. The first-order chi connectivity index (χ1) is 12.7. The molecule has 26 heavy (non-hydrogen) atoms. The van der Waals surface area contributed by atoms with E-state index in [9.17, 15) is 4.79 Å². The van der Waals surface area contributed by atoms with E-state index in [1.54, 1.807) is 6.20 Å². The van der Waals surface area contributed by atoms with Crippen molar-refractivity contribution in [2.24, 2.45) is 5.92 Å². The van der Waals surface area contributed by atoms with Crippen molar-refractivity contribution in [1.82, 2.24) is 9.88 Å². The molecule has 0 bridgehead atoms. The highest BCUT2D eigenvalue weighted by molar-refractivity contribution is 6.30. The zero-order chi connectivity index (χ0) is 17.9. The third-order valence-electron chi connectivity index (χ3n) is 5.67. The predicted octanol–water partition coefficient (Wildman–Crippen LogP) is 2.71. The molecule has 0 spiro atoms. The molecule has 7 heteroatoms. The van der Waals surface area contributed by atoms with Crippen LogP contribution < -0.4 is 4.90 Å². The van der Waals surface area contributed by atoms with Gasteiger partial charge in [0.05, 0.1) is 24.3 Å². The Kier molecular flexibility index (Phi) is 5.62. The Balaban J connectivity index is 1.37. The van der Waals surface area contributed by atoms with E-state index in [0.717, 1.165) is 57.6 Å². The number of anilines is 1. The lowest BCUT2D eigenvalue weighted by molar-refractivity contribution is -0.155.